The first-order chi connectivity index (χ1) is 34.0. The minimum Gasteiger partial charge on any atom is -0.462 e. The number of hydrogen-bond acceptors (Lipinski definition) is 6. The normalized spacial score (nSPS) is 12.6. The third kappa shape index (κ3) is 55.6. The Morgan fingerprint density at radius 1 is 0.304 bits per heavy atom. The molecular formula is C63H110O6. The third-order valence-corrected chi connectivity index (χ3v) is 12.7. The predicted octanol–water partition coefficient (Wildman–Crippen LogP) is 19.8. The molecule has 1 unspecified atom stereocenters. The third-order valence-electron chi connectivity index (χ3n) is 12.7. The molecule has 0 heterocycles. The molecule has 0 radical (unpaired) electrons. The van der Waals surface area contributed by atoms with E-state index >= 15 is 0 Å². The molecular weight excluding hydrogens is 853 g/mol. The summed E-state index contributed by atoms with van der Waals surface area (Å²) in [6, 6.07) is 0. The van der Waals surface area contributed by atoms with Gasteiger partial charge >= 0.3 is 17.9 Å². The van der Waals surface area contributed by atoms with Crippen LogP contribution in [0.4, 0.5) is 0 Å². The molecule has 0 fully saturated rings. The number of unbranched alkanes of at least 4 members (excludes halogenated alkanes) is 30. The van der Waals surface area contributed by atoms with Crippen LogP contribution in [0.2, 0.25) is 0 Å². The maximum absolute atomic E-state index is 12.8. The van der Waals surface area contributed by atoms with Crippen LogP contribution in [0.1, 0.15) is 290 Å². The van der Waals surface area contributed by atoms with Gasteiger partial charge in [-0.2, -0.15) is 0 Å². The minimum absolute atomic E-state index is 0.0810. The van der Waals surface area contributed by atoms with Crippen LogP contribution in [0.5, 0.6) is 0 Å². The lowest BCUT2D eigenvalue weighted by Gasteiger charge is -2.18. The number of esters is 3. The van der Waals surface area contributed by atoms with Crippen molar-refractivity contribution in [3.8, 4) is 0 Å². The molecule has 0 aromatic rings. The van der Waals surface area contributed by atoms with Gasteiger partial charge in [-0.1, -0.05) is 254 Å². The van der Waals surface area contributed by atoms with Crippen LogP contribution < -0.4 is 0 Å². The molecule has 0 spiro atoms. The molecule has 0 rings (SSSR count). The Balaban J connectivity index is 4.19. The largest absolute Gasteiger partial charge is 0.462 e. The molecule has 0 aliphatic rings. The molecule has 0 N–H and O–H groups in total. The van der Waals surface area contributed by atoms with Crippen LogP contribution in [0.15, 0.2) is 72.9 Å². The summed E-state index contributed by atoms with van der Waals surface area (Å²) in [4.78, 5) is 38.0. The van der Waals surface area contributed by atoms with Gasteiger partial charge in [0.05, 0.1) is 0 Å². The summed E-state index contributed by atoms with van der Waals surface area (Å²) in [5, 5.41) is 0. The van der Waals surface area contributed by atoms with Crippen molar-refractivity contribution in [3.05, 3.63) is 72.9 Å². The van der Waals surface area contributed by atoms with Crippen LogP contribution in [0.25, 0.3) is 0 Å². The van der Waals surface area contributed by atoms with Gasteiger partial charge in [0.2, 0.25) is 0 Å². The fourth-order valence-electron chi connectivity index (χ4n) is 8.29. The summed E-state index contributed by atoms with van der Waals surface area (Å²) < 4.78 is 16.8. The number of ether oxygens (including phenoxy) is 3. The fraction of sp³-hybridized carbons (Fsp3) is 0.762. The average molecular weight is 964 g/mol. The van der Waals surface area contributed by atoms with Gasteiger partial charge < -0.3 is 14.2 Å². The Hall–Kier alpha value is -3.15. The van der Waals surface area contributed by atoms with Crippen LogP contribution in [-0.4, -0.2) is 37.2 Å². The van der Waals surface area contributed by atoms with Crippen LogP contribution in [0, 0.1) is 0 Å². The molecule has 1 atom stereocenters. The molecule has 6 nitrogen and oxygen atoms in total. The van der Waals surface area contributed by atoms with Gasteiger partial charge in [-0.15, -0.1) is 0 Å². The van der Waals surface area contributed by atoms with E-state index in [0.717, 1.165) is 109 Å². The first-order valence-electron chi connectivity index (χ1n) is 29.4. The number of hydrogen-bond donors (Lipinski definition) is 0. The van der Waals surface area contributed by atoms with Crippen molar-refractivity contribution in [2.24, 2.45) is 0 Å². The zero-order chi connectivity index (χ0) is 50.0. The van der Waals surface area contributed by atoms with Gasteiger partial charge in [-0.05, 0) is 89.9 Å². The predicted molar refractivity (Wildman–Crippen MR) is 298 cm³/mol. The van der Waals surface area contributed by atoms with E-state index in [1.807, 2.05) is 0 Å². The second-order valence-corrected chi connectivity index (χ2v) is 19.5. The molecule has 0 aromatic carbocycles. The van der Waals surface area contributed by atoms with Crippen molar-refractivity contribution < 1.29 is 28.6 Å². The molecule has 6 heteroatoms. The summed E-state index contributed by atoms with van der Waals surface area (Å²) in [5.41, 5.74) is 0. The quantitative estimate of drug-likeness (QED) is 0.0262. The summed E-state index contributed by atoms with van der Waals surface area (Å²) in [7, 11) is 0. The lowest BCUT2D eigenvalue weighted by Crippen LogP contribution is -2.30. The Kier molecular flexibility index (Phi) is 54.8. The van der Waals surface area contributed by atoms with Crippen LogP contribution in [-0.2, 0) is 28.6 Å². The molecule has 0 saturated carbocycles. The lowest BCUT2D eigenvalue weighted by molar-refractivity contribution is -0.167. The van der Waals surface area contributed by atoms with E-state index in [9.17, 15) is 14.4 Å². The van der Waals surface area contributed by atoms with Crippen molar-refractivity contribution in [3.63, 3.8) is 0 Å². The highest BCUT2D eigenvalue weighted by atomic mass is 16.6. The molecule has 0 amide bonds. The maximum Gasteiger partial charge on any atom is 0.306 e. The average Bonchev–Trinajstić information content (AvgIpc) is 3.35. The van der Waals surface area contributed by atoms with Gasteiger partial charge in [0, 0.05) is 19.3 Å². The van der Waals surface area contributed by atoms with E-state index in [4.69, 9.17) is 14.2 Å². The number of carbonyl (C=O) groups is 3. The zero-order valence-electron chi connectivity index (χ0n) is 45.6. The van der Waals surface area contributed by atoms with E-state index in [0.29, 0.717) is 19.3 Å². The monoisotopic (exact) mass is 963 g/mol. The first-order valence-corrected chi connectivity index (χ1v) is 29.4. The van der Waals surface area contributed by atoms with Crippen LogP contribution in [0.3, 0.4) is 0 Å². The maximum atomic E-state index is 12.8. The van der Waals surface area contributed by atoms with Gasteiger partial charge in [0.25, 0.3) is 0 Å². The summed E-state index contributed by atoms with van der Waals surface area (Å²) in [6.07, 6.45) is 73.4. The molecule has 0 aromatic heterocycles. The summed E-state index contributed by atoms with van der Waals surface area (Å²) in [5.74, 6) is -0.895. The van der Waals surface area contributed by atoms with Gasteiger partial charge in [-0.25, -0.2) is 0 Å². The highest BCUT2D eigenvalue weighted by Crippen LogP contribution is 2.16. The van der Waals surface area contributed by atoms with Crippen molar-refractivity contribution >= 4 is 17.9 Å². The molecule has 398 valence electrons. The lowest BCUT2D eigenvalue weighted by atomic mass is 10.0. The van der Waals surface area contributed by atoms with Crippen molar-refractivity contribution in [1.29, 1.82) is 0 Å². The second-order valence-electron chi connectivity index (χ2n) is 19.5. The molecule has 0 bridgehead atoms. The van der Waals surface area contributed by atoms with Gasteiger partial charge in [-0.3, -0.25) is 14.4 Å². The number of carbonyl (C=O) groups excluding carboxylic acids is 3. The van der Waals surface area contributed by atoms with E-state index in [1.54, 1.807) is 0 Å². The second kappa shape index (κ2) is 57.4. The minimum atomic E-state index is -0.782. The van der Waals surface area contributed by atoms with E-state index in [1.165, 1.54) is 141 Å². The smallest absolute Gasteiger partial charge is 0.306 e. The van der Waals surface area contributed by atoms with Gasteiger partial charge in [0.1, 0.15) is 13.2 Å². The Morgan fingerprint density at radius 3 is 0.884 bits per heavy atom. The van der Waals surface area contributed by atoms with E-state index < -0.39 is 6.10 Å². The number of allylic oxidation sites excluding steroid dienone is 12. The Bertz CT molecular complexity index is 1290. The van der Waals surface area contributed by atoms with E-state index in [-0.39, 0.29) is 31.1 Å². The fourth-order valence-corrected chi connectivity index (χ4v) is 8.29. The molecule has 0 aliphatic heterocycles. The Morgan fingerprint density at radius 2 is 0.565 bits per heavy atom. The zero-order valence-corrected chi connectivity index (χ0v) is 45.6. The highest BCUT2D eigenvalue weighted by molar-refractivity contribution is 5.71. The summed E-state index contributed by atoms with van der Waals surface area (Å²) in [6.45, 7) is 6.50. The summed E-state index contributed by atoms with van der Waals surface area (Å²) >= 11 is 0. The molecule has 0 saturated heterocycles. The standard InChI is InChI=1S/C63H110O6/c1-4-7-10-13-16-19-21-23-25-26-27-28-29-30-31-32-33-34-35-36-38-39-41-44-47-50-53-56-62(65)68-59-60(58-67-61(64)55-52-49-46-43-18-15-12-9-6-3)69-63(66)57-54-51-48-45-42-40-37-24-22-20-17-14-11-8-5-2/h8,11,17,20-21,23-24,26-27,29-30,37,60H,4-7,9-10,12-16,18-19,22,25,28,31-36,38-59H2,1-3H3/b11-8-,20-17-,23-21-,27-26-,30-29-,37-24-. The highest BCUT2D eigenvalue weighted by Gasteiger charge is 2.19. The van der Waals surface area contributed by atoms with Crippen molar-refractivity contribution in [2.75, 3.05) is 13.2 Å². The first kappa shape index (κ1) is 65.8. The SMILES string of the molecule is CC/C=C\C/C=C\C/C=C\CCCCCCCC(=O)OC(COC(=O)CCCCCCCCCCC)COC(=O)CCCCCCCCCCCCCC/C=C\C/C=C\C/C=C\CCCCCCC. The Labute approximate surface area is 427 Å². The van der Waals surface area contributed by atoms with E-state index in [2.05, 4.69) is 93.7 Å². The molecule has 69 heavy (non-hydrogen) atoms. The topological polar surface area (TPSA) is 78.9 Å². The van der Waals surface area contributed by atoms with Gasteiger partial charge in [0.15, 0.2) is 6.10 Å². The molecule has 0 aliphatic carbocycles. The van der Waals surface area contributed by atoms with Crippen molar-refractivity contribution in [2.45, 2.75) is 297 Å². The van der Waals surface area contributed by atoms with Crippen molar-refractivity contribution in [1.82, 2.24) is 0 Å². The van der Waals surface area contributed by atoms with Crippen LogP contribution >= 0.6 is 0 Å². The number of rotatable bonds is 53.